The van der Waals surface area contributed by atoms with Crippen molar-refractivity contribution in [3.63, 3.8) is 0 Å². The molecule has 2 heterocycles. The minimum Gasteiger partial charge on any atom is -0.321 e. The number of nitrogens with one attached hydrogen (secondary N) is 2. The third-order valence-corrected chi connectivity index (χ3v) is 6.83. The number of fused-ring (bicyclic) bond motifs is 1. The van der Waals surface area contributed by atoms with Crippen molar-refractivity contribution in [3.8, 4) is 0 Å². The van der Waals surface area contributed by atoms with Gasteiger partial charge in [-0.05, 0) is 49.6 Å². The van der Waals surface area contributed by atoms with Crippen LogP contribution in [0.2, 0.25) is 5.02 Å². The van der Waals surface area contributed by atoms with Crippen LogP contribution in [-0.4, -0.2) is 24.0 Å². The van der Waals surface area contributed by atoms with Crippen molar-refractivity contribution in [2.75, 3.05) is 18.4 Å². The molecular weight excluding hydrogens is 378 g/mol. The first-order valence-electron chi connectivity index (χ1n) is 9.37. The molecule has 140 valence electrons. The number of benzene rings is 2. The lowest BCUT2D eigenvalue weighted by Crippen LogP contribution is -3.14. The number of halogens is 1. The SMILES string of the molecule is Cc1c(Cl)cccc1NC(=O)C[NH+]1CCCC[C@@H]1c1nc2ccccc2s1. The Morgan fingerprint density at radius 2 is 2.11 bits per heavy atom. The third kappa shape index (κ3) is 4.00. The summed E-state index contributed by atoms with van der Waals surface area (Å²) in [4.78, 5) is 18.9. The number of thiazole rings is 1. The van der Waals surface area contributed by atoms with Gasteiger partial charge in [0.2, 0.25) is 0 Å². The van der Waals surface area contributed by atoms with Gasteiger partial charge < -0.3 is 10.2 Å². The monoisotopic (exact) mass is 400 g/mol. The topological polar surface area (TPSA) is 46.4 Å². The highest BCUT2D eigenvalue weighted by atomic mass is 35.5. The predicted octanol–water partition coefficient (Wildman–Crippen LogP) is 4.01. The zero-order valence-electron chi connectivity index (χ0n) is 15.3. The number of anilines is 1. The molecule has 27 heavy (non-hydrogen) atoms. The molecule has 0 aliphatic carbocycles. The molecule has 1 aliphatic heterocycles. The molecule has 2 atom stereocenters. The van der Waals surface area contributed by atoms with Crippen LogP contribution >= 0.6 is 22.9 Å². The molecule has 1 fully saturated rings. The minimum atomic E-state index is 0.0309. The average molecular weight is 401 g/mol. The zero-order valence-corrected chi connectivity index (χ0v) is 16.9. The van der Waals surface area contributed by atoms with Crippen LogP contribution in [0.3, 0.4) is 0 Å². The molecule has 0 bridgehead atoms. The van der Waals surface area contributed by atoms with Gasteiger partial charge in [-0.1, -0.05) is 29.8 Å². The van der Waals surface area contributed by atoms with Crippen molar-refractivity contribution in [2.45, 2.75) is 32.2 Å². The number of likely N-dealkylation sites (tertiary alicyclic amines) is 1. The number of hydrogen-bond acceptors (Lipinski definition) is 3. The molecule has 0 saturated carbocycles. The first kappa shape index (κ1) is 18.4. The molecule has 1 unspecified atom stereocenters. The minimum absolute atomic E-state index is 0.0309. The van der Waals surface area contributed by atoms with Gasteiger partial charge in [0.25, 0.3) is 5.91 Å². The second-order valence-electron chi connectivity index (χ2n) is 7.11. The van der Waals surface area contributed by atoms with E-state index >= 15 is 0 Å². The number of carbonyl (C=O) groups excluding carboxylic acids is 1. The van der Waals surface area contributed by atoms with Crippen molar-refractivity contribution in [1.82, 2.24) is 4.98 Å². The van der Waals surface area contributed by atoms with Crippen LogP contribution in [0.15, 0.2) is 42.5 Å². The summed E-state index contributed by atoms with van der Waals surface area (Å²) in [7, 11) is 0. The second kappa shape index (κ2) is 7.97. The number of rotatable bonds is 4. The molecule has 1 saturated heterocycles. The van der Waals surface area contributed by atoms with Gasteiger partial charge in [0.1, 0.15) is 6.04 Å². The molecule has 4 rings (SSSR count). The summed E-state index contributed by atoms with van der Waals surface area (Å²) in [5.41, 5.74) is 2.76. The number of nitrogens with zero attached hydrogens (tertiary/aromatic N) is 1. The van der Waals surface area contributed by atoms with Gasteiger partial charge >= 0.3 is 0 Å². The molecule has 0 radical (unpaired) electrons. The molecule has 1 amide bonds. The molecular formula is C21H23ClN3OS+. The molecule has 4 nitrogen and oxygen atoms in total. The van der Waals surface area contributed by atoms with Gasteiger partial charge in [-0.2, -0.15) is 0 Å². The van der Waals surface area contributed by atoms with E-state index in [1.807, 2.05) is 31.2 Å². The van der Waals surface area contributed by atoms with E-state index in [-0.39, 0.29) is 5.91 Å². The van der Waals surface area contributed by atoms with Gasteiger partial charge in [0, 0.05) is 17.1 Å². The zero-order chi connectivity index (χ0) is 18.8. The Hall–Kier alpha value is -1.95. The van der Waals surface area contributed by atoms with E-state index in [2.05, 4.69) is 23.5 Å². The van der Waals surface area contributed by atoms with Crippen LogP contribution in [0, 0.1) is 6.92 Å². The normalized spacial score (nSPS) is 19.9. The van der Waals surface area contributed by atoms with Crippen LogP contribution in [-0.2, 0) is 4.79 Å². The summed E-state index contributed by atoms with van der Waals surface area (Å²) < 4.78 is 1.22. The summed E-state index contributed by atoms with van der Waals surface area (Å²) >= 11 is 7.93. The van der Waals surface area contributed by atoms with E-state index in [0.29, 0.717) is 17.6 Å². The Morgan fingerprint density at radius 1 is 1.26 bits per heavy atom. The van der Waals surface area contributed by atoms with Gasteiger partial charge in [-0.15, -0.1) is 11.3 Å². The van der Waals surface area contributed by atoms with Gasteiger partial charge in [-0.3, -0.25) is 4.79 Å². The maximum absolute atomic E-state index is 12.7. The Bertz CT molecular complexity index is 938. The van der Waals surface area contributed by atoms with Gasteiger partial charge in [-0.25, -0.2) is 4.98 Å². The van der Waals surface area contributed by atoms with Crippen molar-refractivity contribution >= 4 is 44.7 Å². The van der Waals surface area contributed by atoms with E-state index in [1.165, 1.54) is 16.0 Å². The highest BCUT2D eigenvalue weighted by Gasteiger charge is 2.32. The number of quaternary nitrogens is 1. The lowest BCUT2D eigenvalue weighted by molar-refractivity contribution is -0.929. The molecule has 1 aromatic heterocycles. The average Bonchev–Trinajstić information content (AvgIpc) is 3.10. The summed E-state index contributed by atoms with van der Waals surface area (Å²) in [5, 5.41) is 4.86. The molecule has 2 N–H and O–H groups in total. The number of carbonyl (C=O) groups is 1. The fourth-order valence-corrected chi connectivity index (χ4v) is 5.11. The Balaban J connectivity index is 1.50. The number of para-hydroxylation sites is 1. The lowest BCUT2D eigenvalue weighted by Gasteiger charge is -2.30. The summed E-state index contributed by atoms with van der Waals surface area (Å²) in [6, 6.07) is 14.2. The van der Waals surface area contributed by atoms with Crippen molar-refractivity contribution in [2.24, 2.45) is 0 Å². The van der Waals surface area contributed by atoms with Crippen LogP contribution in [0.4, 0.5) is 5.69 Å². The highest BCUT2D eigenvalue weighted by molar-refractivity contribution is 7.18. The first-order valence-corrected chi connectivity index (χ1v) is 10.6. The lowest BCUT2D eigenvalue weighted by atomic mass is 10.0. The number of hydrogen-bond donors (Lipinski definition) is 2. The standard InChI is InChI=1S/C21H22ClN3OS/c1-14-15(22)7-6-9-16(14)23-20(26)13-25-12-5-4-10-18(25)21-24-17-8-2-3-11-19(17)27-21/h2-3,6-9,11,18H,4-5,10,12-13H2,1H3,(H,23,26)/p+1/t18-/m1/s1. The molecule has 2 aromatic carbocycles. The Morgan fingerprint density at radius 3 is 2.96 bits per heavy atom. The van der Waals surface area contributed by atoms with Gasteiger partial charge in [0.15, 0.2) is 11.6 Å². The van der Waals surface area contributed by atoms with E-state index in [9.17, 15) is 4.79 Å². The molecule has 0 spiro atoms. The van der Waals surface area contributed by atoms with Crippen molar-refractivity contribution in [3.05, 3.63) is 58.1 Å². The van der Waals surface area contributed by atoms with Crippen molar-refractivity contribution in [1.29, 1.82) is 0 Å². The quantitative estimate of drug-likeness (QED) is 0.695. The van der Waals surface area contributed by atoms with E-state index < -0.39 is 0 Å². The molecule has 3 aromatic rings. The fraction of sp³-hybridized carbons (Fsp3) is 0.333. The number of piperidine rings is 1. The Labute approximate surface area is 168 Å². The summed E-state index contributed by atoms with van der Waals surface area (Å²) in [6.07, 6.45) is 3.43. The second-order valence-corrected chi connectivity index (χ2v) is 8.58. The van der Waals surface area contributed by atoms with E-state index in [4.69, 9.17) is 16.6 Å². The van der Waals surface area contributed by atoms with E-state index in [1.54, 1.807) is 11.3 Å². The molecule has 6 heteroatoms. The van der Waals surface area contributed by atoms with Crippen LogP contribution in [0.1, 0.15) is 35.9 Å². The third-order valence-electron chi connectivity index (χ3n) is 5.27. The van der Waals surface area contributed by atoms with Crippen LogP contribution < -0.4 is 10.2 Å². The maximum atomic E-state index is 12.7. The summed E-state index contributed by atoms with van der Waals surface area (Å²) in [6.45, 7) is 3.38. The smallest absolute Gasteiger partial charge is 0.279 e. The van der Waals surface area contributed by atoms with E-state index in [0.717, 1.165) is 41.2 Å². The largest absolute Gasteiger partial charge is 0.321 e. The summed E-state index contributed by atoms with van der Waals surface area (Å²) in [5.74, 6) is 0.0309. The number of aromatic nitrogens is 1. The predicted molar refractivity (Wildman–Crippen MR) is 112 cm³/mol. The fourth-order valence-electron chi connectivity index (χ4n) is 3.77. The van der Waals surface area contributed by atoms with Crippen LogP contribution in [0.5, 0.6) is 0 Å². The number of amides is 1. The molecule has 1 aliphatic rings. The Kier molecular flexibility index (Phi) is 5.43. The van der Waals surface area contributed by atoms with Gasteiger partial charge in [0.05, 0.1) is 16.8 Å². The van der Waals surface area contributed by atoms with Crippen molar-refractivity contribution < 1.29 is 9.69 Å². The first-order chi connectivity index (χ1) is 13.1. The maximum Gasteiger partial charge on any atom is 0.279 e. The van der Waals surface area contributed by atoms with Crippen LogP contribution in [0.25, 0.3) is 10.2 Å². The highest BCUT2D eigenvalue weighted by Crippen LogP contribution is 2.28.